The molecule has 0 aromatic rings. The van der Waals surface area contributed by atoms with Crippen molar-refractivity contribution < 1.29 is 29.3 Å². The third-order valence-electron chi connectivity index (χ3n) is 2.53. The molecule has 1 amide bonds. The Kier molecular flexibility index (Phi) is 4.89. The van der Waals surface area contributed by atoms with E-state index >= 15 is 0 Å². The molecule has 1 rings (SSSR count). The van der Waals surface area contributed by atoms with Gasteiger partial charge in [-0.25, -0.2) is 0 Å². The van der Waals surface area contributed by atoms with Crippen LogP contribution in [-0.4, -0.2) is 59.3 Å². The number of rotatable bonds is 5. The summed E-state index contributed by atoms with van der Waals surface area (Å²) in [6.45, 7) is -0.264. The molecule has 2 N–H and O–H groups in total. The molecule has 1 aliphatic heterocycles. The average Bonchev–Trinajstić information content (AvgIpc) is 2.27. The van der Waals surface area contributed by atoms with Gasteiger partial charge in [0.05, 0.1) is 0 Å². The van der Waals surface area contributed by atoms with Gasteiger partial charge in [-0.15, -0.1) is 0 Å². The zero-order chi connectivity index (χ0) is 12.8. The summed E-state index contributed by atoms with van der Waals surface area (Å²) in [6, 6.07) is 0. The van der Waals surface area contributed by atoms with Crippen LogP contribution in [0.5, 0.6) is 0 Å². The maximum absolute atomic E-state index is 11.9. The van der Waals surface area contributed by atoms with E-state index in [0.717, 1.165) is 4.90 Å². The topological polar surface area (TPSA) is 104 Å². The third-order valence-corrected chi connectivity index (χ3v) is 2.53. The molecule has 17 heavy (non-hydrogen) atoms. The average molecular weight is 245 g/mol. The highest BCUT2D eigenvalue weighted by Gasteiger charge is 2.28. The van der Waals surface area contributed by atoms with Crippen LogP contribution in [0.25, 0.3) is 0 Å². The van der Waals surface area contributed by atoms with Crippen molar-refractivity contribution in [3.05, 3.63) is 0 Å². The van der Waals surface area contributed by atoms with Crippen molar-refractivity contribution in [3.8, 4) is 0 Å². The Labute approximate surface area is 98.0 Å². The van der Waals surface area contributed by atoms with Gasteiger partial charge in [-0.1, -0.05) is 0 Å². The number of nitrogens with zero attached hydrogens (tertiary/aromatic N) is 1. The highest BCUT2D eigenvalue weighted by Crippen LogP contribution is 2.17. The first kappa shape index (κ1) is 13.4. The van der Waals surface area contributed by atoms with Gasteiger partial charge < -0.3 is 19.8 Å². The van der Waals surface area contributed by atoms with E-state index in [4.69, 9.17) is 14.9 Å². The molecule has 0 saturated carbocycles. The third kappa shape index (κ3) is 4.39. The lowest BCUT2D eigenvalue weighted by atomic mass is 9.98. The maximum Gasteiger partial charge on any atom is 0.323 e. The molecule has 7 heteroatoms. The summed E-state index contributed by atoms with van der Waals surface area (Å²) in [5.74, 6) is -3.18. The largest absolute Gasteiger partial charge is 0.480 e. The van der Waals surface area contributed by atoms with Gasteiger partial charge in [0.2, 0.25) is 5.91 Å². The molecule has 0 aromatic carbocycles. The van der Waals surface area contributed by atoms with Crippen LogP contribution in [0.1, 0.15) is 12.8 Å². The zero-order valence-electron chi connectivity index (χ0n) is 9.29. The maximum atomic E-state index is 11.9. The fourth-order valence-corrected chi connectivity index (χ4v) is 1.74. The number of carbonyl (C=O) groups is 3. The smallest absolute Gasteiger partial charge is 0.323 e. The van der Waals surface area contributed by atoms with Gasteiger partial charge in [-0.05, 0) is 12.8 Å². The lowest BCUT2D eigenvalue weighted by Gasteiger charge is -2.27. The van der Waals surface area contributed by atoms with Crippen molar-refractivity contribution >= 4 is 17.8 Å². The molecule has 1 aliphatic rings. The SMILES string of the molecule is O=C(O)CN(CC(=O)O)C(=O)C1CCOCC1. The summed E-state index contributed by atoms with van der Waals surface area (Å²) in [4.78, 5) is 33.9. The van der Waals surface area contributed by atoms with Crippen molar-refractivity contribution in [2.75, 3.05) is 26.3 Å². The number of carboxylic acids is 2. The van der Waals surface area contributed by atoms with Crippen molar-refractivity contribution in [3.63, 3.8) is 0 Å². The Morgan fingerprint density at radius 1 is 1.06 bits per heavy atom. The number of carboxylic acid groups (broad SMARTS) is 2. The van der Waals surface area contributed by atoms with Gasteiger partial charge in [0.25, 0.3) is 0 Å². The number of aliphatic carboxylic acids is 2. The molecular formula is C10H15NO6. The van der Waals surface area contributed by atoms with Crippen LogP contribution < -0.4 is 0 Å². The quantitative estimate of drug-likeness (QED) is 0.671. The van der Waals surface area contributed by atoms with E-state index < -0.39 is 30.9 Å². The van der Waals surface area contributed by atoms with E-state index in [1.165, 1.54) is 0 Å². The van der Waals surface area contributed by atoms with Crippen LogP contribution in [0.4, 0.5) is 0 Å². The van der Waals surface area contributed by atoms with Crippen molar-refractivity contribution in [2.24, 2.45) is 5.92 Å². The fourth-order valence-electron chi connectivity index (χ4n) is 1.74. The summed E-state index contributed by atoms with van der Waals surface area (Å²) in [6.07, 6.45) is 1.02. The Bertz CT molecular complexity index is 294. The van der Waals surface area contributed by atoms with Crippen LogP contribution in [0.15, 0.2) is 0 Å². The van der Waals surface area contributed by atoms with Crippen LogP contribution in [0.3, 0.4) is 0 Å². The fraction of sp³-hybridized carbons (Fsp3) is 0.700. The molecule has 96 valence electrons. The van der Waals surface area contributed by atoms with E-state index in [1.54, 1.807) is 0 Å². The molecule has 1 heterocycles. The Balaban J connectivity index is 2.63. The molecule has 1 fully saturated rings. The Morgan fingerprint density at radius 2 is 1.53 bits per heavy atom. The van der Waals surface area contributed by atoms with Gasteiger partial charge in [-0.3, -0.25) is 14.4 Å². The van der Waals surface area contributed by atoms with Crippen molar-refractivity contribution in [1.29, 1.82) is 0 Å². The predicted molar refractivity (Wildman–Crippen MR) is 55.4 cm³/mol. The van der Waals surface area contributed by atoms with E-state index in [1.807, 2.05) is 0 Å². The summed E-state index contributed by atoms with van der Waals surface area (Å²) in [5, 5.41) is 17.3. The Morgan fingerprint density at radius 3 is 1.94 bits per heavy atom. The second-order valence-corrected chi connectivity index (χ2v) is 3.87. The van der Waals surface area contributed by atoms with Crippen LogP contribution in [0.2, 0.25) is 0 Å². The zero-order valence-corrected chi connectivity index (χ0v) is 9.29. The number of hydrogen-bond acceptors (Lipinski definition) is 4. The predicted octanol–water partition coefficient (Wildman–Crippen LogP) is -0.589. The molecule has 0 aromatic heterocycles. The number of hydrogen-bond donors (Lipinski definition) is 2. The minimum atomic E-state index is -1.22. The van der Waals surface area contributed by atoms with Crippen molar-refractivity contribution in [1.82, 2.24) is 4.90 Å². The van der Waals surface area contributed by atoms with Gasteiger partial charge >= 0.3 is 11.9 Å². The first-order valence-electron chi connectivity index (χ1n) is 5.31. The summed E-state index contributed by atoms with van der Waals surface area (Å²) in [7, 11) is 0. The van der Waals surface area contributed by atoms with Gasteiger partial charge in [-0.2, -0.15) is 0 Å². The molecule has 7 nitrogen and oxygen atoms in total. The normalized spacial score (nSPS) is 16.5. The van der Waals surface area contributed by atoms with E-state index in [-0.39, 0.29) is 5.92 Å². The molecule has 0 spiro atoms. The molecule has 1 saturated heterocycles. The second-order valence-electron chi connectivity index (χ2n) is 3.87. The van der Waals surface area contributed by atoms with Gasteiger partial charge in [0, 0.05) is 19.1 Å². The van der Waals surface area contributed by atoms with Crippen LogP contribution >= 0.6 is 0 Å². The first-order valence-corrected chi connectivity index (χ1v) is 5.31. The summed E-state index contributed by atoms with van der Waals surface area (Å²) < 4.78 is 5.09. The number of carbonyl (C=O) groups excluding carboxylic acids is 1. The molecule has 0 aliphatic carbocycles. The van der Waals surface area contributed by atoms with Gasteiger partial charge in [0.15, 0.2) is 0 Å². The van der Waals surface area contributed by atoms with Crippen LogP contribution in [-0.2, 0) is 19.1 Å². The van der Waals surface area contributed by atoms with E-state index in [9.17, 15) is 14.4 Å². The minimum absolute atomic E-state index is 0.331. The monoisotopic (exact) mass is 245 g/mol. The standard InChI is InChI=1S/C10H15NO6/c12-8(13)5-11(6-9(14)15)10(16)7-1-3-17-4-2-7/h7H,1-6H2,(H,12,13)(H,14,15). The number of ether oxygens (including phenoxy) is 1. The summed E-state index contributed by atoms with van der Waals surface area (Å²) >= 11 is 0. The molecular weight excluding hydrogens is 230 g/mol. The Hall–Kier alpha value is -1.63. The first-order chi connectivity index (χ1) is 8.00. The molecule has 0 radical (unpaired) electrons. The molecule has 0 bridgehead atoms. The van der Waals surface area contributed by atoms with Gasteiger partial charge in [0.1, 0.15) is 13.1 Å². The molecule has 0 unspecified atom stereocenters. The lowest BCUT2D eigenvalue weighted by Crippen LogP contribution is -2.43. The highest BCUT2D eigenvalue weighted by atomic mass is 16.5. The second kappa shape index (κ2) is 6.19. The highest BCUT2D eigenvalue weighted by molar-refractivity contribution is 5.86. The lowest BCUT2D eigenvalue weighted by molar-refractivity contribution is -0.152. The molecule has 0 atom stereocenters. The number of amides is 1. The van der Waals surface area contributed by atoms with Crippen LogP contribution in [0, 0.1) is 5.92 Å². The minimum Gasteiger partial charge on any atom is -0.480 e. The van der Waals surface area contributed by atoms with E-state index in [2.05, 4.69) is 0 Å². The van der Waals surface area contributed by atoms with Crippen molar-refractivity contribution in [2.45, 2.75) is 12.8 Å². The summed E-state index contributed by atoms with van der Waals surface area (Å²) in [5.41, 5.74) is 0. The van der Waals surface area contributed by atoms with E-state index in [0.29, 0.717) is 26.1 Å².